The first-order valence-electron chi connectivity index (χ1n) is 10.6. The molecule has 4 rings (SSSR count). The average molecular weight is 402 g/mol. The molecular formula is C25H27N3O2. The molecular weight excluding hydrogens is 374 g/mol. The van der Waals surface area contributed by atoms with Crippen molar-refractivity contribution < 1.29 is 9.53 Å². The Morgan fingerprint density at radius 3 is 2.47 bits per heavy atom. The van der Waals surface area contributed by atoms with Gasteiger partial charge in [-0.2, -0.15) is 0 Å². The van der Waals surface area contributed by atoms with Crippen molar-refractivity contribution in [3.63, 3.8) is 0 Å². The second-order valence-corrected chi connectivity index (χ2v) is 7.81. The predicted octanol–water partition coefficient (Wildman–Crippen LogP) is 5.53. The molecule has 0 spiro atoms. The number of hydrogen-bond acceptors (Lipinski definition) is 4. The van der Waals surface area contributed by atoms with Crippen LogP contribution in [0.2, 0.25) is 0 Å². The molecule has 0 atom stereocenters. The standard InChI is InChI=1S/C25H27N3O2/c1-30-21-14-12-19(13-15-21)23-17-26-24(28-25(29)20-10-6-3-7-11-20)22(27-23)16-18-8-4-2-5-9-18/h3,6-7,10-15,17-18H,2,4-5,8-9,16H2,1H3,(H,26,28,29). The van der Waals surface area contributed by atoms with E-state index < -0.39 is 0 Å². The van der Waals surface area contributed by atoms with Gasteiger partial charge < -0.3 is 10.1 Å². The van der Waals surface area contributed by atoms with Gasteiger partial charge in [-0.3, -0.25) is 4.79 Å². The third-order valence-electron chi connectivity index (χ3n) is 5.71. The molecule has 1 aromatic heterocycles. The number of carbonyl (C=O) groups excluding carboxylic acids is 1. The Morgan fingerprint density at radius 1 is 1.03 bits per heavy atom. The molecule has 0 radical (unpaired) electrons. The maximum Gasteiger partial charge on any atom is 0.256 e. The molecule has 5 heteroatoms. The normalized spacial score (nSPS) is 14.3. The van der Waals surface area contributed by atoms with Gasteiger partial charge in [0.1, 0.15) is 5.75 Å². The fraction of sp³-hybridized carbons (Fsp3) is 0.320. The number of ether oxygens (including phenoxy) is 1. The van der Waals surface area contributed by atoms with Crippen molar-refractivity contribution in [2.24, 2.45) is 5.92 Å². The van der Waals surface area contributed by atoms with Crippen molar-refractivity contribution in [3.8, 4) is 17.0 Å². The smallest absolute Gasteiger partial charge is 0.256 e. The van der Waals surface area contributed by atoms with E-state index in [0.717, 1.165) is 29.1 Å². The first-order chi connectivity index (χ1) is 14.7. The van der Waals surface area contributed by atoms with Crippen LogP contribution in [0.5, 0.6) is 5.75 Å². The highest BCUT2D eigenvalue weighted by Gasteiger charge is 2.19. The molecule has 2 aromatic carbocycles. The summed E-state index contributed by atoms with van der Waals surface area (Å²) in [5, 5.41) is 2.98. The maximum absolute atomic E-state index is 12.7. The van der Waals surface area contributed by atoms with E-state index >= 15 is 0 Å². The number of amides is 1. The van der Waals surface area contributed by atoms with Crippen LogP contribution in [0.25, 0.3) is 11.3 Å². The van der Waals surface area contributed by atoms with Gasteiger partial charge in [-0.25, -0.2) is 9.97 Å². The summed E-state index contributed by atoms with van der Waals surface area (Å²) in [4.78, 5) is 22.2. The molecule has 3 aromatic rings. The third kappa shape index (κ3) is 4.85. The summed E-state index contributed by atoms with van der Waals surface area (Å²) in [6, 6.07) is 17.0. The zero-order chi connectivity index (χ0) is 20.8. The molecule has 1 heterocycles. The number of benzene rings is 2. The fourth-order valence-corrected chi connectivity index (χ4v) is 4.01. The second-order valence-electron chi connectivity index (χ2n) is 7.81. The highest BCUT2D eigenvalue weighted by molar-refractivity contribution is 6.04. The summed E-state index contributed by atoms with van der Waals surface area (Å²) in [5.74, 6) is 1.80. The SMILES string of the molecule is COc1ccc(-c2cnc(NC(=O)c3ccccc3)c(CC3CCCCC3)n2)cc1. The zero-order valence-corrected chi connectivity index (χ0v) is 17.3. The molecule has 1 aliphatic rings. The Kier molecular flexibility index (Phi) is 6.38. The molecule has 1 fully saturated rings. The molecule has 5 nitrogen and oxygen atoms in total. The molecule has 1 amide bonds. The summed E-state index contributed by atoms with van der Waals surface area (Å²) in [5.41, 5.74) is 3.26. The largest absolute Gasteiger partial charge is 0.497 e. The highest BCUT2D eigenvalue weighted by Crippen LogP contribution is 2.29. The van der Waals surface area contributed by atoms with Crippen LogP contribution in [-0.4, -0.2) is 23.0 Å². The van der Waals surface area contributed by atoms with Gasteiger partial charge in [0.15, 0.2) is 5.82 Å². The number of nitrogens with zero attached hydrogens (tertiary/aromatic N) is 2. The van der Waals surface area contributed by atoms with E-state index in [1.54, 1.807) is 25.4 Å². The topological polar surface area (TPSA) is 64.1 Å². The highest BCUT2D eigenvalue weighted by atomic mass is 16.5. The lowest BCUT2D eigenvalue weighted by atomic mass is 9.86. The number of anilines is 1. The lowest BCUT2D eigenvalue weighted by molar-refractivity contribution is 0.102. The third-order valence-corrected chi connectivity index (χ3v) is 5.71. The van der Waals surface area contributed by atoms with Crippen molar-refractivity contribution in [3.05, 3.63) is 72.1 Å². The van der Waals surface area contributed by atoms with E-state index in [0.29, 0.717) is 17.3 Å². The van der Waals surface area contributed by atoms with Crippen molar-refractivity contribution in [2.45, 2.75) is 38.5 Å². The molecule has 1 N–H and O–H groups in total. The predicted molar refractivity (Wildman–Crippen MR) is 119 cm³/mol. The molecule has 1 saturated carbocycles. The Hall–Kier alpha value is -3.21. The average Bonchev–Trinajstić information content (AvgIpc) is 2.81. The minimum Gasteiger partial charge on any atom is -0.497 e. The number of rotatable bonds is 6. The summed E-state index contributed by atoms with van der Waals surface area (Å²) in [6.45, 7) is 0. The number of carbonyl (C=O) groups is 1. The van der Waals surface area contributed by atoms with E-state index in [4.69, 9.17) is 9.72 Å². The van der Waals surface area contributed by atoms with Crippen molar-refractivity contribution >= 4 is 11.7 Å². The lowest BCUT2D eigenvalue weighted by Gasteiger charge is -2.22. The van der Waals surface area contributed by atoms with Gasteiger partial charge >= 0.3 is 0 Å². The Morgan fingerprint density at radius 2 is 1.77 bits per heavy atom. The first-order valence-corrected chi connectivity index (χ1v) is 10.6. The summed E-state index contributed by atoms with van der Waals surface area (Å²) >= 11 is 0. The minimum absolute atomic E-state index is 0.160. The molecule has 0 bridgehead atoms. The van der Waals surface area contributed by atoms with Crippen LogP contribution in [0.4, 0.5) is 5.82 Å². The number of aromatic nitrogens is 2. The van der Waals surface area contributed by atoms with E-state index in [1.165, 1.54) is 32.1 Å². The number of methoxy groups -OCH3 is 1. The van der Waals surface area contributed by atoms with E-state index in [1.807, 2.05) is 42.5 Å². The van der Waals surface area contributed by atoms with Gasteiger partial charge in [-0.15, -0.1) is 0 Å². The fourth-order valence-electron chi connectivity index (χ4n) is 4.01. The van der Waals surface area contributed by atoms with Gasteiger partial charge in [0.2, 0.25) is 0 Å². The number of hydrogen-bond donors (Lipinski definition) is 1. The van der Waals surface area contributed by atoms with Crippen LogP contribution >= 0.6 is 0 Å². The molecule has 0 aliphatic heterocycles. The van der Waals surface area contributed by atoms with Crippen LogP contribution in [0, 0.1) is 5.92 Å². The van der Waals surface area contributed by atoms with Gasteiger partial charge in [-0.05, 0) is 48.7 Å². The van der Waals surface area contributed by atoms with Gasteiger partial charge in [-0.1, -0.05) is 50.3 Å². The van der Waals surface area contributed by atoms with Gasteiger partial charge in [0.25, 0.3) is 5.91 Å². The minimum atomic E-state index is -0.160. The number of nitrogens with one attached hydrogen (secondary N) is 1. The van der Waals surface area contributed by atoms with Crippen LogP contribution in [0.1, 0.15) is 48.2 Å². The molecule has 0 unspecified atom stereocenters. The van der Waals surface area contributed by atoms with Crippen molar-refractivity contribution in [1.29, 1.82) is 0 Å². The van der Waals surface area contributed by atoms with Gasteiger partial charge in [0.05, 0.1) is 24.7 Å². The molecule has 30 heavy (non-hydrogen) atoms. The zero-order valence-electron chi connectivity index (χ0n) is 17.3. The molecule has 154 valence electrons. The van der Waals surface area contributed by atoms with Crippen LogP contribution < -0.4 is 10.1 Å². The molecule has 1 aliphatic carbocycles. The van der Waals surface area contributed by atoms with Gasteiger partial charge in [0, 0.05) is 11.1 Å². The summed E-state index contributed by atoms with van der Waals surface area (Å²) < 4.78 is 5.25. The Balaban J connectivity index is 1.62. The Labute approximate surface area is 177 Å². The van der Waals surface area contributed by atoms with E-state index in [2.05, 4.69) is 10.3 Å². The van der Waals surface area contributed by atoms with E-state index in [9.17, 15) is 4.79 Å². The van der Waals surface area contributed by atoms with Crippen LogP contribution in [0.15, 0.2) is 60.8 Å². The van der Waals surface area contributed by atoms with E-state index in [-0.39, 0.29) is 5.91 Å². The Bertz CT molecular complexity index is 981. The quantitative estimate of drug-likeness (QED) is 0.590. The monoisotopic (exact) mass is 401 g/mol. The molecule has 0 saturated heterocycles. The maximum atomic E-state index is 12.7. The summed E-state index contributed by atoms with van der Waals surface area (Å²) in [6.07, 6.45) is 8.82. The lowest BCUT2D eigenvalue weighted by Crippen LogP contribution is -2.18. The van der Waals surface area contributed by atoms with Crippen molar-refractivity contribution in [1.82, 2.24) is 9.97 Å². The first kappa shape index (κ1) is 20.1. The van der Waals surface area contributed by atoms with Crippen LogP contribution in [0.3, 0.4) is 0 Å². The van der Waals surface area contributed by atoms with Crippen molar-refractivity contribution in [2.75, 3.05) is 12.4 Å². The summed E-state index contributed by atoms with van der Waals surface area (Å²) in [7, 11) is 1.65. The van der Waals surface area contributed by atoms with Crippen LogP contribution in [-0.2, 0) is 6.42 Å². The second kappa shape index (κ2) is 9.53.